The molecule has 3 rings (SSSR count). The molecule has 0 aromatic heterocycles. The molecular formula is C14H15NO5. The second-order valence-electron chi connectivity index (χ2n) is 4.86. The average Bonchev–Trinajstić information content (AvgIpc) is 2.90. The number of morpholine rings is 1. The molecular weight excluding hydrogens is 262 g/mol. The van der Waals surface area contributed by atoms with E-state index in [2.05, 4.69) is 0 Å². The molecule has 0 aliphatic carbocycles. The van der Waals surface area contributed by atoms with Crippen LogP contribution in [0.3, 0.4) is 0 Å². The van der Waals surface area contributed by atoms with Crippen molar-refractivity contribution >= 4 is 11.9 Å². The fourth-order valence-corrected chi connectivity index (χ4v) is 2.64. The van der Waals surface area contributed by atoms with Gasteiger partial charge in [0.1, 0.15) is 18.3 Å². The quantitative estimate of drug-likeness (QED) is 0.850. The number of hydrogen-bond donors (Lipinski definition) is 1. The Hall–Kier alpha value is -2.08. The number of ether oxygens (including phenoxy) is 2. The lowest BCUT2D eigenvalue weighted by molar-refractivity contribution is -0.159. The van der Waals surface area contributed by atoms with Crippen LogP contribution in [-0.2, 0) is 14.3 Å². The number of aliphatic carboxylic acids is 1. The number of fused-ring (bicyclic) bond motifs is 1. The van der Waals surface area contributed by atoms with Crippen molar-refractivity contribution in [2.75, 3.05) is 26.4 Å². The largest absolute Gasteiger partial charge is 0.492 e. The fourth-order valence-electron chi connectivity index (χ4n) is 2.64. The van der Waals surface area contributed by atoms with Gasteiger partial charge in [-0.25, -0.2) is 4.79 Å². The summed E-state index contributed by atoms with van der Waals surface area (Å²) in [7, 11) is 0. The first-order chi connectivity index (χ1) is 9.68. The molecule has 2 atom stereocenters. The second kappa shape index (κ2) is 5.13. The fraction of sp³-hybridized carbons (Fsp3) is 0.429. The molecule has 1 aromatic rings. The lowest BCUT2D eigenvalue weighted by Gasteiger charge is -2.34. The Kier molecular flexibility index (Phi) is 3.31. The maximum atomic E-state index is 12.6. The third-order valence-electron chi connectivity index (χ3n) is 3.69. The third-order valence-corrected chi connectivity index (χ3v) is 3.69. The molecule has 20 heavy (non-hydrogen) atoms. The van der Waals surface area contributed by atoms with Crippen LogP contribution < -0.4 is 4.74 Å². The molecule has 6 nitrogen and oxygen atoms in total. The lowest BCUT2D eigenvalue weighted by Crippen LogP contribution is -2.54. The molecule has 2 heterocycles. The van der Waals surface area contributed by atoms with Gasteiger partial charge in [0.25, 0.3) is 0 Å². The molecule has 2 aliphatic heterocycles. The van der Waals surface area contributed by atoms with E-state index < -0.39 is 17.9 Å². The predicted molar refractivity (Wildman–Crippen MR) is 68.6 cm³/mol. The zero-order chi connectivity index (χ0) is 14.1. The van der Waals surface area contributed by atoms with E-state index >= 15 is 0 Å². The van der Waals surface area contributed by atoms with Crippen molar-refractivity contribution in [3.8, 4) is 5.75 Å². The Balaban J connectivity index is 1.84. The van der Waals surface area contributed by atoms with Gasteiger partial charge in [0, 0.05) is 12.1 Å². The second-order valence-corrected chi connectivity index (χ2v) is 4.86. The van der Waals surface area contributed by atoms with E-state index in [1.54, 1.807) is 0 Å². The summed E-state index contributed by atoms with van der Waals surface area (Å²) in [6.07, 6.45) is 0. The maximum Gasteiger partial charge on any atom is 0.328 e. The van der Waals surface area contributed by atoms with E-state index in [-0.39, 0.29) is 19.1 Å². The van der Waals surface area contributed by atoms with E-state index in [0.29, 0.717) is 18.9 Å². The summed E-state index contributed by atoms with van der Waals surface area (Å²) in [5.41, 5.74) is 0.827. The molecule has 6 heteroatoms. The zero-order valence-electron chi connectivity index (χ0n) is 10.8. The molecule has 0 spiro atoms. The van der Waals surface area contributed by atoms with Crippen LogP contribution in [-0.4, -0.2) is 54.3 Å². The zero-order valence-corrected chi connectivity index (χ0v) is 10.8. The Labute approximate surface area is 115 Å². The van der Waals surface area contributed by atoms with Gasteiger partial charge in [-0.3, -0.25) is 4.79 Å². The number of hydrogen-bond acceptors (Lipinski definition) is 4. The number of benzene rings is 1. The smallest absolute Gasteiger partial charge is 0.328 e. The molecule has 1 amide bonds. The Morgan fingerprint density at radius 1 is 1.25 bits per heavy atom. The van der Waals surface area contributed by atoms with Gasteiger partial charge in [0.2, 0.25) is 5.91 Å². The molecule has 0 saturated carbocycles. The van der Waals surface area contributed by atoms with Crippen molar-refractivity contribution in [2.45, 2.75) is 12.0 Å². The Morgan fingerprint density at radius 3 is 2.85 bits per heavy atom. The predicted octanol–water partition coefficient (Wildman–Crippen LogP) is 0.475. The molecule has 1 N–H and O–H groups in total. The number of amides is 1. The molecule has 106 valence electrons. The molecule has 1 aromatic carbocycles. The number of carbonyl (C=O) groups excluding carboxylic acids is 1. The lowest BCUT2D eigenvalue weighted by atomic mass is 9.99. The van der Waals surface area contributed by atoms with Crippen molar-refractivity contribution in [3.05, 3.63) is 29.8 Å². The van der Waals surface area contributed by atoms with Gasteiger partial charge in [0.15, 0.2) is 6.04 Å². The number of nitrogens with zero attached hydrogens (tertiary/aromatic N) is 1. The van der Waals surface area contributed by atoms with Crippen molar-refractivity contribution in [2.24, 2.45) is 0 Å². The third kappa shape index (κ3) is 2.12. The van der Waals surface area contributed by atoms with Gasteiger partial charge < -0.3 is 19.5 Å². The monoisotopic (exact) mass is 277 g/mol. The molecule has 2 aliphatic rings. The van der Waals surface area contributed by atoms with E-state index in [1.165, 1.54) is 4.90 Å². The van der Waals surface area contributed by atoms with Gasteiger partial charge in [-0.15, -0.1) is 0 Å². The minimum absolute atomic E-state index is 0.0380. The van der Waals surface area contributed by atoms with Crippen LogP contribution in [0, 0.1) is 0 Å². The van der Waals surface area contributed by atoms with Gasteiger partial charge in [-0.2, -0.15) is 0 Å². The highest BCUT2D eigenvalue weighted by Crippen LogP contribution is 2.35. The molecule has 0 unspecified atom stereocenters. The van der Waals surface area contributed by atoms with Gasteiger partial charge in [0.05, 0.1) is 13.2 Å². The molecule has 1 saturated heterocycles. The number of rotatable bonds is 2. The minimum atomic E-state index is -1.04. The highest BCUT2D eigenvalue weighted by Gasteiger charge is 2.39. The Bertz CT molecular complexity index is 544. The highest BCUT2D eigenvalue weighted by atomic mass is 16.5. The summed E-state index contributed by atoms with van der Waals surface area (Å²) in [6.45, 7) is 0.970. The van der Waals surface area contributed by atoms with Crippen molar-refractivity contribution < 1.29 is 24.2 Å². The summed E-state index contributed by atoms with van der Waals surface area (Å²) in [5.74, 6) is -0.965. The van der Waals surface area contributed by atoms with Crippen molar-refractivity contribution in [1.82, 2.24) is 4.90 Å². The van der Waals surface area contributed by atoms with Gasteiger partial charge in [-0.1, -0.05) is 18.2 Å². The average molecular weight is 277 g/mol. The van der Waals surface area contributed by atoms with Crippen LogP contribution in [0.2, 0.25) is 0 Å². The molecule has 0 bridgehead atoms. The summed E-state index contributed by atoms with van der Waals surface area (Å²) in [4.78, 5) is 25.2. The molecule has 0 radical (unpaired) electrons. The minimum Gasteiger partial charge on any atom is -0.492 e. The highest BCUT2D eigenvalue weighted by molar-refractivity contribution is 5.89. The van der Waals surface area contributed by atoms with E-state index in [1.807, 2.05) is 24.3 Å². The number of carboxylic acid groups (broad SMARTS) is 1. The maximum absolute atomic E-state index is 12.6. The van der Waals surface area contributed by atoms with Gasteiger partial charge >= 0.3 is 5.97 Å². The summed E-state index contributed by atoms with van der Waals surface area (Å²) < 4.78 is 10.6. The SMILES string of the molecule is O=C(O)[C@@H]1COCCN1C(=O)[C@H]1COc2ccccc21. The summed E-state index contributed by atoms with van der Waals surface area (Å²) >= 11 is 0. The number of carbonyl (C=O) groups is 2. The van der Waals surface area contributed by atoms with Crippen molar-refractivity contribution in [1.29, 1.82) is 0 Å². The van der Waals surface area contributed by atoms with Crippen LogP contribution in [0.4, 0.5) is 0 Å². The van der Waals surface area contributed by atoms with E-state index in [4.69, 9.17) is 9.47 Å². The van der Waals surface area contributed by atoms with Crippen LogP contribution >= 0.6 is 0 Å². The summed E-state index contributed by atoms with van der Waals surface area (Å²) in [6, 6.07) is 6.45. The first-order valence-corrected chi connectivity index (χ1v) is 6.51. The Morgan fingerprint density at radius 2 is 2.05 bits per heavy atom. The standard InChI is InChI=1S/C14H15NO5/c16-13(15-5-6-19-8-11(15)14(17)18)10-7-20-12-4-2-1-3-9(10)12/h1-4,10-11H,5-8H2,(H,17,18)/t10-,11-/m0/s1. The van der Waals surface area contributed by atoms with Crippen LogP contribution in [0.5, 0.6) is 5.75 Å². The van der Waals surface area contributed by atoms with E-state index in [0.717, 1.165) is 5.56 Å². The van der Waals surface area contributed by atoms with E-state index in [9.17, 15) is 14.7 Å². The van der Waals surface area contributed by atoms with Crippen LogP contribution in [0.1, 0.15) is 11.5 Å². The number of carboxylic acids is 1. The first-order valence-electron chi connectivity index (χ1n) is 6.51. The summed E-state index contributed by atoms with van der Waals surface area (Å²) in [5, 5.41) is 9.19. The number of para-hydroxylation sites is 1. The van der Waals surface area contributed by atoms with Crippen molar-refractivity contribution in [3.63, 3.8) is 0 Å². The molecule has 1 fully saturated rings. The topological polar surface area (TPSA) is 76.1 Å². The van der Waals surface area contributed by atoms with Crippen LogP contribution in [0.25, 0.3) is 0 Å². The van der Waals surface area contributed by atoms with Gasteiger partial charge in [-0.05, 0) is 6.07 Å². The first kappa shape index (κ1) is 12.9. The normalized spacial score (nSPS) is 24.9. The van der Waals surface area contributed by atoms with Crippen LogP contribution in [0.15, 0.2) is 24.3 Å².